The smallest absolute Gasteiger partial charge is 0.338 e. The van der Waals surface area contributed by atoms with Crippen LogP contribution in [0.3, 0.4) is 0 Å². The molecule has 0 amide bonds. The van der Waals surface area contributed by atoms with Crippen LogP contribution in [0.1, 0.15) is 21.5 Å². The van der Waals surface area contributed by atoms with Gasteiger partial charge >= 0.3 is 5.97 Å². The van der Waals surface area contributed by atoms with Gasteiger partial charge in [-0.2, -0.15) is 0 Å². The van der Waals surface area contributed by atoms with Crippen molar-refractivity contribution in [1.82, 2.24) is 0 Å². The molecule has 2 aromatic carbocycles. The molecule has 2 rings (SSSR count). The maximum atomic E-state index is 13.8. The van der Waals surface area contributed by atoms with Gasteiger partial charge in [0.15, 0.2) is 0 Å². The first-order chi connectivity index (χ1) is 9.90. The largest absolute Gasteiger partial charge is 0.478 e. The molecule has 0 unspecified atom stereocenters. The molecule has 0 saturated carbocycles. The van der Waals surface area contributed by atoms with E-state index in [0.29, 0.717) is 12.2 Å². The molecule has 0 saturated heterocycles. The van der Waals surface area contributed by atoms with Gasteiger partial charge in [-0.05, 0) is 24.1 Å². The lowest BCUT2D eigenvalue weighted by atomic mass is 10.1. The average molecular weight is 288 g/mol. The molecule has 0 heterocycles. The minimum atomic E-state index is -1.33. The second-order valence-corrected chi connectivity index (χ2v) is 4.98. The maximum absolute atomic E-state index is 13.8. The Hall–Kier alpha value is -2.56. The molecule has 0 aliphatic rings. The minimum Gasteiger partial charge on any atom is -0.478 e. The summed E-state index contributed by atoms with van der Waals surface area (Å²) in [7, 11) is 1.79. The summed E-state index contributed by atoms with van der Waals surface area (Å²) in [6, 6.07) is 10.2. The summed E-state index contributed by atoms with van der Waals surface area (Å²) in [5, 5.41) is 8.88. The van der Waals surface area contributed by atoms with Gasteiger partial charge in [0.25, 0.3) is 0 Å². The Labute approximate surface area is 122 Å². The lowest BCUT2D eigenvalue weighted by Gasteiger charge is -2.22. The van der Waals surface area contributed by atoms with Gasteiger partial charge in [-0.15, -0.1) is 0 Å². The van der Waals surface area contributed by atoms with E-state index in [9.17, 15) is 9.18 Å². The normalized spacial score (nSPS) is 10.4. The zero-order chi connectivity index (χ0) is 15.6. The van der Waals surface area contributed by atoms with E-state index >= 15 is 0 Å². The molecule has 0 spiro atoms. The van der Waals surface area contributed by atoms with E-state index < -0.39 is 17.3 Å². The number of anilines is 2. The molecule has 4 nitrogen and oxygen atoms in total. The highest BCUT2D eigenvalue weighted by Crippen LogP contribution is 2.27. The van der Waals surface area contributed by atoms with Crippen LogP contribution in [0.5, 0.6) is 0 Å². The van der Waals surface area contributed by atoms with Crippen LogP contribution in [0, 0.1) is 12.7 Å². The SMILES string of the molecule is Cc1ccccc1CN(C)c1cc(F)c(C(=O)O)cc1N. The fourth-order valence-electron chi connectivity index (χ4n) is 2.20. The van der Waals surface area contributed by atoms with Crippen molar-refractivity contribution in [3.8, 4) is 0 Å². The predicted molar refractivity (Wildman–Crippen MR) is 81.1 cm³/mol. The van der Waals surface area contributed by atoms with Crippen LogP contribution < -0.4 is 10.6 Å². The molecule has 0 aliphatic carbocycles. The summed E-state index contributed by atoms with van der Waals surface area (Å²) in [6.07, 6.45) is 0. The number of nitrogen functional groups attached to an aromatic ring is 1. The number of benzene rings is 2. The molecule has 0 aromatic heterocycles. The number of hydrogen-bond donors (Lipinski definition) is 2. The molecule has 0 radical (unpaired) electrons. The number of nitrogens with zero attached hydrogens (tertiary/aromatic N) is 1. The Balaban J connectivity index is 2.32. The lowest BCUT2D eigenvalue weighted by molar-refractivity contribution is 0.0692. The number of aryl methyl sites for hydroxylation is 1. The second kappa shape index (κ2) is 5.83. The fraction of sp³-hybridized carbons (Fsp3) is 0.188. The van der Waals surface area contributed by atoms with E-state index in [1.807, 2.05) is 31.2 Å². The highest BCUT2D eigenvalue weighted by molar-refractivity contribution is 5.90. The molecule has 0 aliphatic heterocycles. The summed E-state index contributed by atoms with van der Waals surface area (Å²) in [4.78, 5) is 12.7. The van der Waals surface area contributed by atoms with E-state index in [1.54, 1.807) is 11.9 Å². The van der Waals surface area contributed by atoms with Crippen molar-refractivity contribution in [2.45, 2.75) is 13.5 Å². The van der Waals surface area contributed by atoms with E-state index in [0.717, 1.165) is 23.3 Å². The molecule has 5 heteroatoms. The predicted octanol–water partition coefficient (Wildman–Crippen LogP) is 3.05. The van der Waals surface area contributed by atoms with Crippen molar-refractivity contribution in [1.29, 1.82) is 0 Å². The summed E-state index contributed by atoms with van der Waals surface area (Å²) in [5.41, 5.74) is 8.38. The van der Waals surface area contributed by atoms with Crippen molar-refractivity contribution in [2.24, 2.45) is 0 Å². The van der Waals surface area contributed by atoms with Gasteiger partial charge in [0, 0.05) is 19.7 Å². The van der Waals surface area contributed by atoms with Gasteiger partial charge in [-0.3, -0.25) is 0 Å². The summed E-state index contributed by atoms with van der Waals surface area (Å²) in [6.45, 7) is 2.56. The maximum Gasteiger partial charge on any atom is 0.338 e. The van der Waals surface area contributed by atoms with Crippen molar-refractivity contribution in [3.63, 3.8) is 0 Å². The van der Waals surface area contributed by atoms with Crippen LogP contribution in [0.15, 0.2) is 36.4 Å². The fourth-order valence-corrected chi connectivity index (χ4v) is 2.20. The van der Waals surface area contributed by atoms with Crippen LogP contribution in [-0.4, -0.2) is 18.1 Å². The van der Waals surface area contributed by atoms with Crippen molar-refractivity contribution in [2.75, 3.05) is 17.7 Å². The second-order valence-electron chi connectivity index (χ2n) is 4.98. The molecule has 3 N–H and O–H groups in total. The topological polar surface area (TPSA) is 66.6 Å². The third-order valence-electron chi connectivity index (χ3n) is 3.43. The Morgan fingerprint density at radius 3 is 2.62 bits per heavy atom. The molecule has 2 aromatic rings. The number of carboxylic acid groups (broad SMARTS) is 1. The van der Waals surface area contributed by atoms with Gasteiger partial charge in [0.05, 0.1) is 16.9 Å². The van der Waals surface area contributed by atoms with E-state index in [2.05, 4.69) is 0 Å². The van der Waals surface area contributed by atoms with Crippen LogP contribution in [-0.2, 0) is 6.54 Å². The number of aromatic carboxylic acids is 1. The van der Waals surface area contributed by atoms with Gasteiger partial charge in [-0.1, -0.05) is 24.3 Å². The molecule has 110 valence electrons. The quantitative estimate of drug-likeness (QED) is 0.849. The number of carboxylic acids is 1. The molecule has 0 atom stereocenters. The lowest BCUT2D eigenvalue weighted by Crippen LogP contribution is -2.19. The zero-order valence-electron chi connectivity index (χ0n) is 11.9. The molecule has 0 bridgehead atoms. The zero-order valence-corrected chi connectivity index (χ0v) is 11.9. The standard InChI is InChI=1S/C16H17FN2O2/c1-10-5-3-4-6-11(10)9-19(2)15-8-13(17)12(16(20)21)7-14(15)18/h3-8H,9,18H2,1-2H3,(H,20,21). The average Bonchev–Trinajstić information content (AvgIpc) is 2.43. The first kappa shape index (κ1) is 14.8. The monoisotopic (exact) mass is 288 g/mol. The Bertz CT molecular complexity index is 686. The van der Waals surface area contributed by atoms with E-state index in [1.165, 1.54) is 0 Å². The van der Waals surface area contributed by atoms with Crippen molar-refractivity contribution < 1.29 is 14.3 Å². The first-order valence-electron chi connectivity index (χ1n) is 6.48. The van der Waals surface area contributed by atoms with Crippen LogP contribution in [0.2, 0.25) is 0 Å². The third-order valence-corrected chi connectivity index (χ3v) is 3.43. The number of halogens is 1. The Morgan fingerprint density at radius 1 is 1.33 bits per heavy atom. The number of hydrogen-bond acceptors (Lipinski definition) is 3. The molecule has 21 heavy (non-hydrogen) atoms. The Kier molecular flexibility index (Phi) is 4.12. The van der Waals surface area contributed by atoms with Crippen LogP contribution >= 0.6 is 0 Å². The summed E-state index contributed by atoms with van der Waals surface area (Å²) >= 11 is 0. The summed E-state index contributed by atoms with van der Waals surface area (Å²) in [5.74, 6) is -2.12. The van der Waals surface area contributed by atoms with Crippen LogP contribution in [0.4, 0.5) is 15.8 Å². The Morgan fingerprint density at radius 2 is 2.00 bits per heavy atom. The van der Waals surface area contributed by atoms with Gasteiger partial charge < -0.3 is 15.7 Å². The number of carbonyl (C=O) groups is 1. The summed E-state index contributed by atoms with van der Waals surface area (Å²) < 4.78 is 13.8. The number of rotatable bonds is 4. The van der Waals surface area contributed by atoms with Crippen molar-refractivity contribution in [3.05, 3.63) is 58.9 Å². The highest BCUT2D eigenvalue weighted by Gasteiger charge is 2.16. The van der Waals surface area contributed by atoms with E-state index in [-0.39, 0.29) is 5.69 Å². The molecular weight excluding hydrogens is 271 g/mol. The molecular formula is C16H17FN2O2. The minimum absolute atomic E-state index is 0.241. The number of nitrogens with two attached hydrogens (primary N) is 1. The van der Waals surface area contributed by atoms with E-state index in [4.69, 9.17) is 10.8 Å². The van der Waals surface area contributed by atoms with Gasteiger partial charge in [0.2, 0.25) is 0 Å². The van der Waals surface area contributed by atoms with Gasteiger partial charge in [0.1, 0.15) is 5.82 Å². The first-order valence-corrected chi connectivity index (χ1v) is 6.48. The molecule has 0 fully saturated rings. The van der Waals surface area contributed by atoms with Gasteiger partial charge in [-0.25, -0.2) is 9.18 Å². The highest BCUT2D eigenvalue weighted by atomic mass is 19.1. The van der Waals surface area contributed by atoms with Crippen LogP contribution in [0.25, 0.3) is 0 Å². The third kappa shape index (κ3) is 3.13. The van der Waals surface area contributed by atoms with Crippen molar-refractivity contribution >= 4 is 17.3 Å².